The van der Waals surface area contributed by atoms with Crippen LogP contribution in [0.5, 0.6) is 0 Å². The van der Waals surface area contributed by atoms with Crippen LogP contribution in [0.15, 0.2) is 12.1 Å². The van der Waals surface area contributed by atoms with Crippen molar-refractivity contribution in [2.75, 3.05) is 0 Å². The number of rotatable bonds is 5. The highest BCUT2D eigenvalue weighted by atomic mass is 16.1. The fourth-order valence-corrected chi connectivity index (χ4v) is 2.34. The molecule has 0 bridgehead atoms. The first kappa shape index (κ1) is 12.8. The molecule has 0 unspecified atom stereocenters. The molecule has 3 heteroatoms. The summed E-state index contributed by atoms with van der Waals surface area (Å²) in [5, 5.41) is 0. The smallest absolute Gasteiger partial charge is 0.185 e. The molecule has 0 aliphatic rings. The molecule has 1 aromatic carbocycles. The molecule has 0 saturated carbocycles. The Labute approximate surface area is 108 Å². The number of benzene rings is 1. The van der Waals surface area contributed by atoms with E-state index in [0.29, 0.717) is 5.82 Å². The van der Waals surface area contributed by atoms with E-state index < -0.39 is 0 Å². The molecular formula is C15H20N2O. The number of aryl methyl sites for hydroxylation is 3. The van der Waals surface area contributed by atoms with Crippen LogP contribution in [-0.4, -0.2) is 15.8 Å². The number of imidazole rings is 1. The SMILES string of the molecule is CCCCCc1cc2nc(C=O)n(C)c2cc1C. The molecule has 1 aromatic heterocycles. The highest BCUT2D eigenvalue weighted by molar-refractivity contribution is 5.84. The van der Waals surface area contributed by atoms with E-state index in [1.165, 1.54) is 30.4 Å². The van der Waals surface area contributed by atoms with Crippen LogP contribution in [0, 0.1) is 6.92 Å². The van der Waals surface area contributed by atoms with Crippen molar-refractivity contribution in [2.24, 2.45) is 7.05 Å². The third-order valence-electron chi connectivity index (χ3n) is 3.53. The van der Waals surface area contributed by atoms with Gasteiger partial charge in [0.1, 0.15) is 0 Å². The molecule has 2 aromatic rings. The van der Waals surface area contributed by atoms with Crippen molar-refractivity contribution in [3.8, 4) is 0 Å². The number of hydrogen-bond acceptors (Lipinski definition) is 2. The number of carbonyl (C=O) groups excluding carboxylic acids is 1. The number of hydrogen-bond donors (Lipinski definition) is 0. The third-order valence-corrected chi connectivity index (χ3v) is 3.53. The lowest BCUT2D eigenvalue weighted by Gasteiger charge is -2.06. The molecule has 0 aliphatic carbocycles. The van der Waals surface area contributed by atoms with Crippen molar-refractivity contribution in [3.05, 3.63) is 29.1 Å². The van der Waals surface area contributed by atoms with Crippen LogP contribution >= 0.6 is 0 Å². The Morgan fingerprint density at radius 1 is 1.33 bits per heavy atom. The Morgan fingerprint density at radius 2 is 2.11 bits per heavy atom. The zero-order chi connectivity index (χ0) is 13.1. The molecule has 2 rings (SSSR count). The van der Waals surface area contributed by atoms with E-state index in [1.807, 2.05) is 11.6 Å². The van der Waals surface area contributed by atoms with Gasteiger partial charge in [-0.15, -0.1) is 0 Å². The molecule has 1 heterocycles. The van der Waals surface area contributed by atoms with Gasteiger partial charge in [0.2, 0.25) is 0 Å². The van der Waals surface area contributed by atoms with Crippen molar-refractivity contribution in [1.82, 2.24) is 9.55 Å². The minimum Gasteiger partial charge on any atom is -0.325 e. The predicted molar refractivity (Wildman–Crippen MR) is 74.1 cm³/mol. The average Bonchev–Trinajstić information content (AvgIpc) is 2.67. The molecule has 0 spiro atoms. The van der Waals surface area contributed by atoms with E-state index in [0.717, 1.165) is 23.7 Å². The van der Waals surface area contributed by atoms with E-state index in [-0.39, 0.29) is 0 Å². The van der Waals surface area contributed by atoms with E-state index in [1.54, 1.807) is 0 Å². The van der Waals surface area contributed by atoms with E-state index in [9.17, 15) is 4.79 Å². The molecule has 0 aliphatic heterocycles. The summed E-state index contributed by atoms with van der Waals surface area (Å²) in [6, 6.07) is 4.27. The first-order valence-corrected chi connectivity index (χ1v) is 6.58. The molecule has 0 saturated heterocycles. The minimum atomic E-state index is 0.495. The molecule has 0 amide bonds. The second kappa shape index (κ2) is 5.34. The molecule has 18 heavy (non-hydrogen) atoms. The van der Waals surface area contributed by atoms with Gasteiger partial charge in [0, 0.05) is 7.05 Å². The second-order valence-corrected chi connectivity index (χ2v) is 4.87. The quantitative estimate of drug-likeness (QED) is 0.596. The topological polar surface area (TPSA) is 34.9 Å². The van der Waals surface area contributed by atoms with Crippen molar-refractivity contribution in [1.29, 1.82) is 0 Å². The zero-order valence-electron chi connectivity index (χ0n) is 11.4. The summed E-state index contributed by atoms with van der Waals surface area (Å²) in [4.78, 5) is 15.3. The lowest BCUT2D eigenvalue weighted by Crippen LogP contribution is -1.95. The first-order chi connectivity index (χ1) is 8.67. The summed E-state index contributed by atoms with van der Waals surface area (Å²) in [6.45, 7) is 4.35. The number of carbonyl (C=O) groups is 1. The number of aromatic nitrogens is 2. The molecule has 3 nitrogen and oxygen atoms in total. The van der Waals surface area contributed by atoms with Crippen molar-refractivity contribution in [3.63, 3.8) is 0 Å². The summed E-state index contributed by atoms with van der Waals surface area (Å²) in [5.74, 6) is 0.495. The van der Waals surface area contributed by atoms with Gasteiger partial charge in [0.15, 0.2) is 12.1 Å². The lowest BCUT2D eigenvalue weighted by atomic mass is 10.0. The molecular weight excluding hydrogens is 224 g/mol. The fourth-order valence-electron chi connectivity index (χ4n) is 2.34. The first-order valence-electron chi connectivity index (χ1n) is 6.58. The normalized spacial score (nSPS) is 11.1. The molecule has 0 atom stereocenters. The van der Waals surface area contributed by atoms with Crippen LogP contribution in [0.4, 0.5) is 0 Å². The highest BCUT2D eigenvalue weighted by Crippen LogP contribution is 2.21. The van der Waals surface area contributed by atoms with Gasteiger partial charge in [-0.2, -0.15) is 0 Å². The van der Waals surface area contributed by atoms with Gasteiger partial charge >= 0.3 is 0 Å². The van der Waals surface area contributed by atoms with Crippen LogP contribution in [-0.2, 0) is 13.5 Å². The van der Waals surface area contributed by atoms with Gasteiger partial charge in [-0.05, 0) is 43.0 Å². The van der Waals surface area contributed by atoms with Crippen molar-refractivity contribution in [2.45, 2.75) is 39.5 Å². The van der Waals surface area contributed by atoms with Gasteiger partial charge in [-0.1, -0.05) is 19.8 Å². The van der Waals surface area contributed by atoms with E-state index >= 15 is 0 Å². The molecule has 0 N–H and O–H groups in total. The largest absolute Gasteiger partial charge is 0.325 e. The van der Waals surface area contributed by atoms with Gasteiger partial charge in [0.05, 0.1) is 11.0 Å². The molecule has 0 radical (unpaired) electrons. The van der Waals surface area contributed by atoms with Gasteiger partial charge in [-0.25, -0.2) is 4.98 Å². The van der Waals surface area contributed by atoms with Crippen LogP contribution < -0.4 is 0 Å². The highest BCUT2D eigenvalue weighted by Gasteiger charge is 2.09. The molecule has 0 fully saturated rings. The van der Waals surface area contributed by atoms with Gasteiger partial charge in [0.25, 0.3) is 0 Å². The second-order valence-electron chi connectivity index (χ2n) is 4.87. The Balaban J connectivity index is 2.39. The number of unbranched alkanes of at least 4 members (excludes halogenated alkanes) is 2. The Hall–Kier alpha value is -1.64. The lowest BCUT2D eigenvalue weighted by molar-refractivity contribution is 0.111. The maximum absolute atomic E-state index is 10.9. The fraction of sp³-hybridized carbons (Fsp3) is 0.467. The number of aldehydes is 1. The van der Waals surface area contributed by atoms with Crippen LogP contribution in [0.25, 0.3) is 11.0 Å². The van der Waals surface area contributed by atoms with E-state index in [4.69, 9.17) is 0 Å². The Morgan fingerprint density at radius 3 is 2.78 bits per heavy atom. The minimum absolute atomic E-state index is 0.495. The number of nitrogens with zero attached hydrogens (tertiary/aromatic N) is 2. The van der Waals surface area contributed by atoms with Crippen LogP contribution in [0.2, 0.25) is 0 Å². The van der Waals surface area contributed by atoms with Crippen LogP contribution in [0.3, 0.4) is 0 Å². The van der Waals surface area contributed by atoms with Crippen LogP contribution in [0.1, 0.15) is 47.9 Å². The maximum atomic E-state index is 10.9. The summed E-state index contributed by atoms with van der Waals surface area (Å²) in [7, 11) is 1.88. The number of fused-ring (bicyclic) bond motifs is 1. The summed E-state index contributed by atoms with van der Waals surface area (Å²) >= 11 is 0. The predicted octanol–water partition coefficient (Wildman–Crippen LogP) is 3.43. The Kier molecular flexibility index (Phi) is 3.80. The zero-order valence-corrected chi connectivity index (χ0v) is 11.4. The standard InChI is InChI=1S/C15H20N2O/c1-4-5-6-7-12-9-13-14(8-11(12)2)17(3)15(10-18)16-13/h8-10H,4-7H2,1-3H3. The summed E-state index contributed by atoms with van der Waals surface area (Å²) in [6.07, 6.45) is 5.63. The van der Waals surface area contributed by atoms with Crippen molar-refractivity contribution >= 4 is 17.3 Å². The third kappa shape index (κ3) is 2.30. The van der Waals surface area contributed by atoms with Gasteiger partial charge < -0.3 is 4.57 Å². The summed E-state index contributed by atoms with van der Waals surface area (Å²) in [5.41, 5.74) is 4.61. The molecule has 96 valence electrons. The van der Waals surface area contributed by atoms with E-state index in [2.05, 4.69) is 31.0 Å². The monoisotopic (exact) mass is 244 g/mol. The van der Waals surface area contributed by atoms with Crippen molar-refractivity contribution < 1.29 is 4.79 Å². The average molecular weight is 244 g/mol. The maximum Gasteiger partial charge on any atom is 0.185 e. The summed E-state index contributed by atoms with van der Waals surface area (Å²) < 4.78 is 1.85. The van der Waals surface area contributed by atoms with Gasteiger partial charge in [-0.3, -0.25) is 4.79 Å². The Bertz CT molecular complexity index is 569.